The number of aromatic nitrogens is 3. The summed E-state index contributed by atoms with van der Waals surface area (Å²) in [4.78, 5) is 23.7. The number of hydrogen-bond acceptors (Lipinski definition) is 4. The summed E-state index contributed by atoms with van der Waals surface area (Å²) in [7, 11) is 0. The van der Waals surface area contributed by atoms with Crippen LogP contribution in [0.4, 0.5) is 5.13 Å². The smallest absolute Gasteiger partial charge is 0.260 e. The largest absolute Gasteiger partial charge is 0.337 e. The predicted molar refractivity (Wildman–Crippen MR) is 117 cm³/mol. The van der Waals surface area contributed by atoms with E-state index in [0.29, 0.717) is 22.3 Å². The number of rotatable bonds is 6. The highest BCUT2D eigenvalue weighted by Crippen LogP contribution is 2.33. The molecule has 5 nitrogen and oxygen atoms in total. The highest BCUT2D eigenvalue weighted by Gasteiger charge is 2.22. The van der Waals surface area contributed by atoms with Crippen LogP contribution in [0.25, 0.3) is 10.2 Å². The van der Waals surface area contributed by atoms with E-state index in [4.69, 9.17) is 11.6 Å². The number of carbonyl (C=O) groups is 1. The molecule has 0 aliphatic rings. The van der Waals surface area contributed by atoms with E-state index in [1.165, 1.54) is 11.3 Å². The Balaban J connectivity index is 1.65. The van der Waals surface area contributed by atoms with Crippen molar-refractivity contribution in [1.82, 2.24) is 14.5 Å². The Hall–Kier alpha value is -2.22. The van der Waals surface area contributed by atoms with Gasteiger partial charge in [-0.05, 0) is 36.8 Å². The van der Waals surface area contributed by atoms with E-state index in [9.17, 15) is 4.79 Å². The van der Waals surface area contributed by atoms with Crippen LogP contribution in [0.1, 0.15) is 16.8 Å². The molecule has 4 aromatic rings. The molecule has 2 heterocycles. The van der Waals surface area contributed by atoms with Crippen LogP contribution in [-0.2, 0) is 6.54 Å². The molecule has 1 amide bonds. The van der Waals surface area contributed by atoms with Gasteiger partial charge in [-0.2, -0.15) is 0 Å². The molecule has 28 heavy (non-hydrogen) atoms. The van der Waals surface area contributed by atoms with Crippen LogP contribution < -0.4 is 4.90 Å². The number of halogens is 2. The third-order valence-corrected chi connectivity index (χ3v) is 6.11. The lowest BCUT2D eigenvalue weighted by Gasteiger charge is -2.20. The molecule has 0 N–H and O–H groups in total. The summed E-state index contributed by atoms with van der Waals surface area (Å²) in [6, 6.07) is 13.1. The quantitative estimate of drug-likeness (QED) is 0.362. The van der Waals surface area contributed by atoms with Crippen LogP contribution in [0.2, 0.25) is 5.02 Å². The molecule has 0 aliphatic carbocycles. The van der Waals surface area contributed by atoms with Crippen molar-refractivity contribution in [2.24, 2.45) is 0 Å². The first-order valence-corrected chi connectivity index (χ1v) is 10.7. The van der Waals surface area contributed by atoms with Gasteiger partial charge >= 0.3 is 0 Å². The topological polar surface area (TPSA) is 51.0 Å². The molecular weight excluding hydrogens is 460 g/mol. The maximum atomic E-state index is 13.3. The molecule has 0 saturated carbocycles. The summed E-state index contributed by atoms with van der Waals surface area (Å²) in [5.74, 6) is -0.0814. The maximum Gasteiger partial charge on any atom is 0.260 e. The molecule has 2 aromatic heterocycles. The van der Waals surface area contributed by atoms with E-state index >= 15 is 0 Å². The fraction of sp³-hybridized carbons (Fsp3) is 0.150. The van der Waals surface area contributed by atoms with Crippen molar-refractivity contribution in [3.63, 3.8) is 0 Å². The van der Waals surface area contributed by atoms with Crippen molar-refractivity contribution in [3.8, 4) is 0 Å². The monoisotopic (exact) mass is 474 g/mol. The summed E-state index contributed by atoms with van der Waals surface area (Å²) < 4.78 is 3.82. The third-order valence-electron chi connectivity index (χ3n) is 4.26. The Labute approximate surface area is 179 Å². The van der Waals surface area contributed by atoms with Gasteiger partial charge in [-0.1, -0.05) is 51.0 Å². The number of benzene rings is 2. The van der Waals surface area contributed by atoms with Crippen LogP contribution in [0, 0.1) is 0 Å². The summed E-state index contributed by atoms with van der Waals surface area (Å²) in [5, 5.41) is 1.24. The molecule has 2 aromatic carbocycles. The van der Waals surface area contributed by atoms with Crippen molar-refractivity contribution >= 4 is 60.1 Å². The Morgan fingerprint density at radius 1 is 1.25 bits per heavy atom. The fourth-order valence-corrected chi connectivity index (χ4v) is 4.60. The van der Waals surface area contributed by atoms with E-state index in [-0.39, 0.29) is 5.91 Å². The van der Waals surface area contributed by atoms with Crippen molar-refractivity contribution in [2.45, 2.75) is 13.0 Å². The predicted octanol–water partition coefficient (Wildman–Crippen LogP) is 5.65. The van der Waals surface area contributed by atoms with E-state index < -0.39 is 0 Å². The van der Waals surface area contributed by atoms with E-state index in [2.05, 4.69) is 25.9 Å². The van der Waals surface area contributed by atoms with Gasteiger partial charge in [-0.15, -0.1) is 0 Å². The lowest BCUT2D eigenvalue weighted by molar-refractivity contribution is 0.0986. The molecule has 0 bridgehead atoms. The van der Waals surface area contributed by atoms with Crippen LogP contribution in [0.5, 0.6) is 0 Å². The van der Waals surface area contributed by atoms with Gasteiger partial charge in [0, 0.05) is 35.5 Å². The summed E-state index contributed by atoms with van der Waals surface area (Å²) in [6.45, 7) is 1.31. The molecule has 0 unspecified atom stereocenters. The van der Waals surface area contributed by atoms with Gasteiger partial charge in [-0.3, -0.25) is 9.69 Å². The van der Waals surface area contributed by atoms with Gasteiger partial charge in [0.1, 0.15) is 5.52 Å². The summed E-state index contributed by atoms with van der Waals surface area (Å²) in [5.41, 5.74) is 1.34. The molecule has 0 fully saturated rings. The second-order valence-corrected chi connectivity index (χ2v) is 8.54. The Bertz CT molecular complexity index is 1110. The number of imidazole rings is 1. The number of hydrogen-bond donors (Lipinski definition) is 0. The summed E-state index contributed by atoms with van der Waals surface area (Å²) in [6.07, 6.45) is 6.22. The number of anilines is 1. The molecule has 142 valence electrons. The minimum absolute atomic E-state index is 0.0814. The normalized spacial score (nSPS) is 11.1. The van der Waals surface area contributed by atoms with Crippen LogP contribution in [0.15, 0.2) is 65.7 Å². The van der Waals surface area contributed by atoms with Gasteiger partial charge in [0.05, 0.1) is 16.0 Å². The lowest BCUT2D eigenvalue weighted by Crippen LogP contribution is -2.32. The van der Waals surface area contributed by atoms with Crippen molar-refractivity contribution in [3.05, 3.63) is 76.2 Å². The average Bonchev–Trinajstić information content (AvgIpc) is 3.35. The standard InChI is InChI=1S/C20H16BrClN4OS/c21-15-5-1-4-14(12-15)19(27)26(10-3-9-25-11-8-23-13-25)20-24-18-16(22)6-2-7-17(18)28-20/h1-2,4-8,11-13H,3,9-10H2. The molecule has 0 aliphatic heterocycles. The van der Waals surface area contributed by atoms with Gasteiger partial charge in [0.25, 0.3) is 5.91 Å². The number of para-hydroxylation sites is 1. The SMILES string of the molecule is O=C(c1cccc(Br)c1)N(CCCn1ccnc1)c1nc2c(Cl)cccc2s1. The second-order valence-electron chi connectivity index (χ2n) is 6.20. The van der Waals surface area contributed by atoms with Crippen molar-refractivity contribution in [2.75, 3.05) is 11.4 Å². The van der Waals surface area contributed by atoms with Crippen molar-refractivity contribution < 1.29 is 4.79 Å². The minimum atomic E-state index is -0.0814. The maximum absolute atomic E-state index is 13.3. The van der Waals surface area contributed by atoms with Crippen molar-refractivity contribution in [1.29, 1.82) is 0 Å². The number of amides is 1. The average molecular weight is 476 g/mol. The Morgan fingerprint density at radius 3 is 2.86 bits per heavy atom. The molecular formula is C20H16BrClN4OS. The molecule has 0 atom stereocenters. The first-order chi connectivity index (χ1) is 13.6. The van der Waals surface area contributed by atoms with Gasteiger partial charge < -0.3 is 4.57 Å². The zero-order valence-electron chi connectivity index (χ0n) is 14.8. The highest BCUT2D eigenvalue weighted by molar-refractivity contribution is 9.10. The fourth-order valence-electron chi connectivity index (χ4n) is 2.91. The van der Waals surface area contributed by atoms with Crippen LogP contribution in [0.3, 0.4) is 0 Å². The highest BCUT2D eigenvalue weighted by atomic mass is 79.9. The molecule has 4 rings (SSSR count). The zero-order chi connectivity index (χ0) is 19.5. The summed E-state index contributed by atoms with van der Waals surface area (Å²) >= 11 is 11.2. The molecule has 0 radical (unpaired) electrons. The van der Waals surface area contributed by atoms with E-state index in [1.54, 1.807) is 17.4 Å². The zero-order valence-corrected chi connectivity index (χ0v) is 17.9. The number of fused-ring (bicyclic) bond motifs is 1. The van der Waals surface area contributed by atoms with Crippen LogP contribution >= 0.6 is 38.9 Å². The first-order valence-electron chi connectivity index (χ1n) is 8.70. The number of nitrogens with zero attached hydrogens (tertiary/aromatic N) is 4. The molecule has 0 saturated heterocycles. The Kier molecular flexibility index (Phi) is 5.75. The van der Waals surface area contributed by atoms with Gasteiger partial charge in [0.15, 0.2) is 5.13 Å². The van der Waals surface area contributed by atoms with E-state index in [0.717, 1.165) is 27.7 Å². The van der Waals surface area contributed by atoms with Crippen LogP contribution in [-0.4, -0.2) is 27.0 Å². The van der Waals surface area contributed by atoms with Gasteiger partial charge in [0.2, 0.25) is 0 Å². The molecule has 0 spiro atoms. The Morgan fingerprint density at radius 2 is 2.11 bits per heavy atom. The molecule has 8 heteroatoms. The lowest BCUT2D eigenvalue weighted by atomic mass is 10.2. The number of aryl methyl sites for hydroxylation is 1. The third kappa shape index (κ3) is 4.11. The minimum Gasteiger partial charge on any atom is -0.337 e. The van der Waals surface area contributed by atoms with Gasteiger partial charge in [-0.25, -0.2) is 9.97 Å². The van der Waals surface area contributed by atoms with E-state index in [1.807, 2.05) is 53.2 Å². The first kappa shape index (κ1) is 19.1. The number of thiazole rings is 1. The second kappa shape index (κ2) is 8.43. The number of carbonyl (C=O) groups excluding carboxylic acids is 1.